The lowest BCUT2D eigenvalue weighted by Crippen LogP contribution is -2.44. The van der Waals surface area contributed by atoms with Crippen LogP contribution in [0.2, 0.25) is 0 Å². The average Bonchev–Trinajstić information content (AvgIpc) is 2.43. The number of halogens is 2. The van der Waals surface area contributed by atoms with Crippen LogP contribution in [0, 0.1) is 5.82 Å². The Bertz CT molecular complexity index is 470. The van der Waals surface area contributed by atoms with Crippen molar-refractivity contribution in [2.45, 2.75) is 31.8 Å². The highest BCUT2D eigenvalue weighted by molar-refractivity contribution is 9.10. The van der Waals surface area contributed by atoms with Gasteiger partial charge < -0.3 is 4.74 Å². The van der Waals surface area contributed by atoms with Gasteiger partial charge >= 0.3 is 5.97 Å². The van der Waals surface area contributed by atoms with E-state index >= 15 is 0 Å². The van der Waals surface area contributed by atoms with Gasteiger partial charge in [-0.3, -0.25) is 9.69 Å². The van der Waals surface area contributed by atoms with Crippen molar-refractivity contribution < 1.29 is 13.9 Å². The third kappa shape index (κ3) is 3.30. The number of likely N-dealkylation sites (tertiary alicyclic amines) is 1. The number of rotatable bonds is 3. The summed E-state index contributed by atoms with van der Waals surface area (Å²) in [6.45, 7) is 1.17. The number of nitrogens with zero attached hydrogens (tertiary/aromatic N) is 2. The molecule has 0 unspecified atom stereocenters. The summed E-state index contributed by atoms with van der Waals surface area (Å²) in [5.41, 5.74) is 0.540. The van der Waals surface area contributed by atoms with Crippen molar-refractivity contribution in [1.29, 1.82) is 0 Å². The highest BCUT2D eigenvalue weighted by Gasteiger charge is 2.30. The fourth-order valence-electron chi connectivity index (χ4n) is 2.38. The molecule has 1 aliphatic rings. The minimum atomic E-state index is -0.364. The van der Waals surface area contributed by atoms with E-state index in [0.29, 0.717) is 12.1 Å². The molecule has 0 amide bonds. The molecular weight excluding hydrogens is 315 g/mol. The van der Waals surface area contributed by atoms with Gasteiger partial charge in [0.25, 0.3) is 0 Å². The molecule has 2 rings (SSSR count). The molecule has 19 heavy (non-hydrogen) atoms. The number of carbonyl (C=O) groups is 1. The number of carbonyl (C=O) groups excluding carboxylic acids is 1. The zero-order valence-electron chi connectivity index (χ0n) is 10.7. The van der Waals surface area contributed by atoms with E-state index in [1.165, 1.54) is 7.11 Å². The van der Waals surface area contributed by atoms with Crippen LogP contribution in [0.25, 0.3) is 0 Å². The molecule has 104 valence electrons. The second kappa shape index (κ2) is 6.43. The van der Waals surface area contributed by atoms with Crippen LogP contribution in [0.15, 0.2) is 16.9 Å². The lowest BCUT2D eigenvalue weighted by Gasteiger charge is -2.33. The van der Waals surface area contributed by atoms with Gasteiger partial charge in [-0.1, -0.05) is 6.42 Å². The second-order valence-electron chi connectivity index (χ2n) is 4.58. The van der Waals surface area contributed by atoms with E-state index in [1.807, 2.05) is 4.90 Å². The van der Waals surface area contributed by atoms with Gasteiger partial charge in [0.05, 0.1) is 7.11 Å². The molecule has 6 heteroatoms. The predicted octanol–water partition coefficient (Wildman–Crippen LogP) is 2.51. The standard InChI is InChI=1S/C13H16BrFN2O2/c1-19-13(18)10-4-2-3-7-17(10)8-9-5-6-16-12(14)11(9)15/h5-6,10H,2-4,7-8H2,1H3/t10-/m0/s1. The fraction of sp³-hybridized carbons (Fsp3) is 0.538. The molecule has 2 heterocycles. The van der Waals surface area contributed by atoms with Crippen LogP contribution in [-0.4, -0.2) is 35.5 Å². The van der Waals surface area contributed by atoms with E-state index in [9.17, 15) is 9.18 Å². The summed E-state index contributed by atoms with van der Waals surface area (Å²) in [5, 5.41) is 0. The van der Waals surface area contributed by atoms with Crippen LogP contribution in [0.3, 0.4) is 0 Å². The van der Waals surface area contributed by atoms with E-state index in [4.69, 9.17) is 4.74 Å². The molecule has 1 aromatic heterocycles. The summed E-state index contributed by atoms with van der Waals surface area (Å²) in [4.78, 5) is 17.5. The Labute approximate surface area is 120 Å². The molecule has 1 aliphatic heterocycles. The van der Waals surface area contributed by atoms with Crippen molar-refractivity contribution >= 4 is 21.9 Å². The SMILES string of the molecule is COC(=O)[C@@H]1CCCCN1Cc1ccnc(Br)c1F. The molecule has 0 aromatic carbocycles. The van der Waals surface area contributed by atoms with Gasteiger partial charge in [0.2, 0.25) is 0 Å². The molecule has 1 fully saturated rings. The first-order chi connectivity index (χ1) is 9.13. The lowest BCUT2D eigenvalue weighted by atomic mass is 10.0. The number of hydrogen-bond acceptors (Lipinski definition) is 4. The third-order valence-electron chi connectivity index (χ3n) is 3.39. The Balaban J connectivity index is 2.15. The molecule has 1 saturated heterocycles. The summed E-state index contributed by atoms with van der Waals surface area (Å²) < 4.78 is 18.9. The van der Waals surface area contributed by atoms with E-state index < -0.39 is 0 Å². The van der Waals surface area contributed by atoms with Crippen molar-refractivity contribution in [2.24, 2.45) is 0 Å². The molecule has 0 N–H and O–H groups in total. The van der Waals surface area contributed by atoms with Crippen LogP contribution in [-0.2, 0) is 16.1 Å². The monoisotopic (exact) mass is 330 g/mol. The highest BCUT2D eigenvalue weighted by Crippen LogP contribution is 2.23. The summed E-state index contributed by atoms with van der Waals surface area (Å²) in [6, 6.07) is 1.37. The molecule has 0 saturated carbocycles. The maximum Gasteiger partial charge on any atom is 0.323 e. The Morgan fingerprint density at radius 3 is 3.16 bits per heavy atom. The molecule has 0 spiro atoms. The van der Waals surface area contributed by atoms with Gasteiger partial charge in [-0.25, -0.2) is 9.37 Å². The molecule has 1 atom stereocenters. The first kappa shape index (κ1) is 14.4. The van der Waals surface area contributed by atoms with E-state index in [0.717, 1.165) is 25.8 Å². The summed E-state index contributed by atoms with van der Waals surface area (Å²) in [7, 11) is 1.39. The molecule has 0 radical (unpaired) electrons. The topological polar surface area (TPSA) is 42.4 Å². The average molecular weight is 331 g/mol. The van der Waals surface area contributed by atoms with Crippen molar-refractivity contribution in [2.75, 3.05) is 13.7 Å². The van der Waals surface area contributed by atoms with Gasteiger partial charge in [-0.2, -0.15) is 0 Å². The zero-order chi connectivity index (χ0) is 13.8. The second-order valence-corrected chi connectivity index (χ2v) is 5.33. The van der Waals surface area contributed by atoms with Gasteiger partial charge in [-0.15, -0.1) is 0 Å². The summed E-state index contributed by atoms with van der Waals surface area (Å²) in [6.07, 6.45) is 4.33. The quantitative estimate of drug-likeness (QED) is 0.631. The number of piperidine rings is 1. The minimum absolute atomic E-state index is 0.205. The normalized spacial score (nSPS) is 20.3. The van der Waals surface area contributed by atoms with Crippen molar-refractivity contribution in [3.63, 3.8) is 0 Å². The van der Waals surface area contributed by atoms with E-state index in [2.05, 4.69) is 20.9 Å². The zero-order valence-corrected chi connectivity index (χ0v) is 12.3. The van der Waals surface area contributed by atoms with E-state index in [1.54, 1.807) is 12.3 Å². The van der Waals surface area contributed by atoms with Crippen LogP contribution in [0.4, 0.5) is 4.39 Å². The first-order valence-corrected chi connectivity index (χ1v) is 7.03. The van der Waals surface area contributed by atoms with Crippen molar-refractivity contribution in [3.8, 4) is 0 Å². The minimum Gasteiger partial charge on any atom is -0.468 e. The number of methoxy groups -OCH3 is 1. The molecule has 0 aliphatic carbocycles. The summed E-state index contributed by atoms with van der Waals surface area (Å²) in [5.74, 6) is -0.607. The number of aromatic nitrogens is 1. The maximum atomic E-state index is 13.9. The van der Waals surface area contributed by atoms with Crippen molar-refractivity contribution in [1.82, 2.24) is 9.88 Å². The van der Waals surface area contributed by atoms with Gasteiger partial charge in [0.15, 0.2) is 5.82 Å². The molecule has 1 aromatic rings. The number of esters is 1. The highest BCUT2D eigenvalue weighted by atomic mass is 79.9. The fourth-order valence-corrected chi connectivity index (χ4v) is 2.75. The molecule has 4 nitrogen and oxygen atoms in total. The van der Waals surface area contributed by atoms with Gasteiger partial charge in [0, 0.05) is 18.3 Å². The van der Waals surface area contributed by atoms with Crippen LogP contribution >= 0.6 is 15.9 Å². The number of ether oxygens (including phenoxy) is 1. The Kier molecular flexibility index (Phi) is 4.87. The van der Waals surface area contributed by atoms with Crippen molar-refractivity contribution in [3.05, 3.63) is 28.2 Å². The number of hydrogen-bond donors (Lipinski definition) is 0. The smallest absolute Gasteiger partial charge is 0.323 e. The van der Waals surface area contributed by atoms with Crippen LogP contribution in [0.5, 0.6) is 0 Å². The third-order valence-corrected chi connectivity index (χ3v) is 3.94. The van der Waals surface area contributed by atoms with Gasteiger partial charge in [0.1, 0.15) is 10.6 Å². The maximum absolute atomic E-state index is 13.9. The van der Waals surface area contributed by atoms with E-state index in [-0.39, 0.29) is 22.4 Å². The number of pyridine rings is 1. The Morgan fingerprint density at radius 2 is 2.42 bits per heavy atom. The van der Waals surface area contributed by atoms with Crippen LogP contribution in [0.1, 0.15) is 24.8 Å². The Morgan fingerprint density at radius 1 is 1.63 bits per heavy atom. The Hall–Kier alpha value is -1.01. The van der Waals surface area contributed by atoms with Crippen LogP contribution < -0.4 is 0 Å². The summed E-state index contributed by atoms with van der Waals surface area (Å²) >= 11 is 3.07. The molecular formula is C13H16BrFN2O2. The molecule has 0 bridgehead atoms. The first-order valence-electron chi connectivity index (χ1n) is 6.24. The predicted molar refractivity (Wildman–Crippen MR) is 72.0 cm³/mol. The largest absolute Gasteiger partial charge is 0.468 e. The lowest BCUT2D eigenvalue weighted by molar-refractivity contribution is -0.148. The van der Waals surface area contributed by atoms with Gasteiger partial charge in [-0.05, 0) is 41.4 Å².